The first-order chi connectivity index (χ1) is 12.4. The molecule has 2 amide bonds. The van der Waals surface area contributed by atoms with Gasteiger partial charge in [-0.3, -0.25) is 9.59 Å². The summed E-state index contributed by atoms with van der Waals surface area (Å²) in [5.41, 5.74) is 1.81. The van der Waals surface area contributed by atoms with Crippen LogP contribution in [0.1, 0.15) is 52.9 Å². The molecule has 0 radical (unpaired) electrons. The maximum Gasteiger partial charge on any atom is 0.236 e. The van der Waals surface area contributed by atoms with Crippen LogP contribution in [0.5, 0.6) is 0 Å². The summed E-state index contributed by atoms with van der Waals surface area (Å²) in [4.78, 5) is 32.9. The lowest BCUT2D eigenvalue weighted by Crippen LogP contribution is -2.19. The molecule has 2 rings (SSSR count). The van der Waals surface area contributed by atoms with Crippen molar-refractivity contribution < 1.29 is 9.59 Å². The third-order valence-corrected chi connectivity index (χ3v) is 5.95. The smallest absolute Gasteiger partial charge is 0.236 e. The number of aromatic nitrogens is 2. The largest absolute Gasteiger partial charge is 0.301 e. The van der Waals surface area contributed by atoms with Crippen molar-refractivity contribution >= 4 is 56.5 Å². The van der Waals surface area contributed by atoms with Crippen LogP contribution in [0.2, 0.25) is 0 Å². The lowest BCUT2D eigenvalue weighted by atomic mass is 9.93. The quantitative estimate of drug-likeness (QED) is 0.710. The molecule has 0 spiro atoms. The summed E-state index contributed by atoms with van der Waals surface area (Å²) in [5.74, 6) is 0.0742. The van der Waals surface area contributed by atoms with E-state index in [9.17, 15) is 9.59 Å². The Labute approximate surface area is 172 Å². The molecule has 2 aromatic rings. The first kappa shape index (κ1) is 21.8. The minimum atomic E-state index is -0.160. The van der Waals surface area contributed by atoms with Gasteiger partial charge in [-0.05, 0) is 0 Å². The summed E-state index contributed by atoms with van der Waals surface area (Å²) in [7, 11) is 0. The third-order valence-electron chi connectivity index (χ3n) is 3.50. The second-order valence-electron chi connectivity index (χ2n) is 8.16. The van der Waals surface area contributed by atoms with E-state index in [4.69, 9.17) is 0 Å². The van der Waals surface area contributed by atoms with Gasteiger partial charge in [-0.25, -0.2) is 9.97 Å². The highest BCUT2D eigenvalue weighted by molar-refractivity contribution is 8.00. The predicted octanol–water partition coefficient (Wildman–Crippen LogP) is 4.51. The number of nitrogens with zero attached hydrogens (tertiary/aromatic N) is 2. The molecular formula is C18H26N4O2S3. The van der Waals surface area contributed by atoms with E-state index in [1.54, 1.807) is 0 Å². The van der Waals surface area contributed by atoms with Crippen LogP contribution in [-0.2, 0) is 20.4 Å². The summed E-state index contributed by atoms with van der Waals surface area (Å²) in [6.07, 6.45) is 0. The highest BCUT2D eigenvalue weighted by atomic mass is 32.2. The van der Waals surface area contributed by atoms with Gasteiger partial charge in [0.15, 0.2) is 10.3 Å². The molecule has 9 heteroatoms. The number of hydrogen-bond acceptors (Lipinski definition) is 7. The van der Waals surface area contributed by atoms with Crippen molar-refractivity contribution in [1.29, 1.82) is 0 Å². The molecule has 0 atom stereocenters. The van der Waals surface area contributed by atoms with E-state index in [1.165, 1.54) is 34.4 Å². The van der Waals surface area contributed by atoms with Crippen LogP contribution in [0.4, 0.5) is 10.3 Å². The zero-order valence-corrected chi connectivity index (χ0v) is 19.0. The van der Waals surface area contributed by atoms with E-state index in [0.29, 0.717) is 10.3 Å². The van der Waals surface area contributed by atoms with Gasteiger partial charge in [0.1, 0.15) is 0 Å². The van der Waals surface area contributed by atoms with Gasteiger partial charge < -0.3 is 10.6 Å². The number of amides is 2. The van der Waals surface area contributed by atoms with Gasteiger partial charge >= 0.3 is 0 Å². The van der Waals surface area contributed by atoms with Gasteiger partial charge in [0, 0.05) is 21.6 Å². The summed E-state index contributed by atoms with van der Waals surface area (Å²) >= 11 is 4.09. The van der Waals surface area contributed by atoms with Crippen LogP contribution >= 0.6 is 34.4 Å². The molecule has 0 bridgehead atoms. The number of thiazole rings is 2. The normalized spacial score (nSPS) is 12.1. The first-order valence-electron chi connectivity index (χ1n) is 8.54. The van der Waals surface area contributed by atoms with Gasteiger partial charge in [0.05, 0.1) is 22.9 Å². The van der Waals surface area contributed by atoms with Gasteiger partial charge in [-0.15, -0.1) is 34.4 Å². The number of nitrogens with one attached hydrogen (secondary N) is 2. The number of thioether (sulfide) groups is 1. The van der Waals surface area contributed by atoms with Crippen molar-refractivity contribution in [1.82, 2.24) is 9.97 Å². The van der Waals surface area contributed by atoms with Crippen LogP contribution in [0.25, 0.3) is 0 Å². The fourth-order valence-corrected chi connectivity index (χ4v) is 4.42. The number of carbonyl (C=O) groups excluding carboxylic acids is 2. The maximum atomic E-state index is 12.0. The SMILES string of the molecule is CC(C)(C)c1csc(NC(=O)CSCC(=O)Nc2nc(C(C)(C)C)cs2)n1. The molecule has 2 N–H and O–H groups in total. The monoisotopic (exact) mass is 426 g/mol. The number of anilines is 2. The average Bonchev–Trinajstić information content (AvgIpc) is 3.15. The standard InChI is InChI=1S/C18H26N4O2S3/c1-17(2,3)11-7-26-15(19-11)21-13(23)9-25-10-14(24)22-16-20-12(8-27-16)18(4,5)6/h7-8H,9-10H2,1-6H3,(H,19,21,23)(H,20,22,24). The lowest BCUT2D eigenvalue weighted by Gasteiger charge is -2.14. The highest BCUT2D eigenvalue weighted by Crippen LogP contribution is 2.27. The summed E-state index contributed by atoms with van der Waals surface area (Å²) < 4.78 is 0. The van der Waals surface area contributed by atoms with E-state index in [-0.39, 0.29) is 34.2 Å². The Morgan fingerprint density at radius 1 is 0.852 bits per heavy atom. The van der Waals surface area contributed by atoms with E-state index < -0.39 is 0 Å². The summed E-state index contributed by atoms with van der Waals surface area (Å²) in [6, 6.07) is 0. The molecule has 0 aromatic carbocycles. The Balaban J connectivity index is 1.74. The van der Waals surface area contributed by atoms with Crippen LogP contribution < -0.4 is 10.6 Å². The molecule has 0 saturated heterocycles. The fourth-order valence-electron chi connectivity index (χ4n) is 1.90. The average molecular weight is 427 g/mol. The van der Waals surface area contributed by atoms with Crippen LogP contribution in [-0.4, -0.2) is 33.3 Å². The minimum absolute atomic E-state index is 0.0466. The fraction of sp³-hybridized carbons (Fsp3) is 0.556. The first-order valence-corrected chi connectivity index (χ1v) is 11.5. The molecule has 0 aliphatic carbocycles. The molecule has 2 aromatic heterocycles. The molecule has 0 aliphatic rings. The maximum absolute atomic E-state index is 12.0. The highest BCUT2D eigenvalue weighted by Gasteiger charge is 2.19. The van der Waals surface area contributed by atoms with Crippen molar-refractivity contribution in [3.8, 4) is 0 Å². The molecule has 27 heavy (non-hydrogen) atoms. The molecule has 6 nitrogen and oxygen atoms in total. The third kappa shape index (κ3) is 6.90. The van der Waals surface area contributed by atoms with Crippen molar-refractivity contribution in [2.75, 3.05) is 22.1 Å². The Hall–Kier alpha value is -1.45. The van der Waals surface area contributed by atoms with E-state index in [2.05, 4.69) is 62.1 Å². The van der Waals surface area contributed by atoms with Gasteiger partial charge in [-0.1, -0.05) is 41.5 Å². The second kappa shape index (κ2) is 8.70. The number of hydrogen-bond donors (Lipinski definition) is 2. The topological polar surface area (TPSA) is 84.0 Å². The van der Waals surface area contributed by atoms with Crippen molar-refractivity contribution in [3.05, 3.63) is 22.1 Å². The van der Waals surface area contributed by atoms with E-state index in [1.807, 2.05) is 10.8 Å². The van der Waals surface area contributed by atoms with Crippen molar-refractivity contribution in [3.63, 3.8) is 0 Å². The number of rotatable bonds is 6. The van der Waals surface area contributed by atoms with Crippen molar-refractivity contribution in [2.24, 2.45) is 0 Å². The van der Waals surface area contributed by atoms with E-state index >= 15 is 0 Å². The molecule has 2 heterocycles. The Kier molecular flexibility index (Phi) is 7.04. The number of carbonyl (C=O) groups is 2. The summed E-state index contributed by atoms with van der Waals surface area (Å²) in [6.45, 7) is 12.5. The molecule has 148 valence electrons. The second-order valence-corrected chi connectivity index (χ2v) is 10.9. The minimum Gasteiger partial charge on any atom is -0.301 e. The van der Waals surface area contributed by atoms with Crippen molar-refractivity contribution in [2.45, 2.75) is 52.4 Å². The Morgan fingerprint density at radius 3 is 1.52 bits per heavy atom. The Morgan fingerprint density at radius 2 is 1.22 bits per heavy atom. The lowest BCUT2D eigenvalue weighted by molar-refractivity contribution is -0.114. The van der Waals surface area contributed by atoms with E-state index in [0.717, 1.165) is 11.4 Å². The van der Waals surface area contributed by atoms with Gasteiger partial charge in [0.2, 0.25) is 11.8 Å². The zero-order chi connectivity index (χ0) is 20.2. The van der Waals surface area contributed by atoms with Gasteiger partial charge in [0.25, 0.3) is 0 Å². The summed E-state index contributed by atoms with van der Waals surface area (Å²) in [5, 5.41) is 10.7. The van der Waals surface area contributed by atoms with Crippen LogP contribution in [0.3, 0.4) is 0 Å². The molecular weight excluding hydrogens is 400 g/mol. The van der Waals surface area contributed by atoms with Gasteiger partial charge in [-0.2, -0.15) is 0 Å². The molecule has 0 aliphatic heterocycles. The van der Waals surface area contributed by atoms with Crippen LogP contribution in [0, 0.1) is 0 Å². The van der Waals surface area contributed by atoms with Crippen LogP contribution in [0.15, 0.2) is 10.8 Å². The Bertz CT molecular complexity index is 734. The molecule has 0 fully saturated rings. The predicted molar refractivity (Wildman–Crippen MR) is 116 cm³/mol. The zero-order valence-electron chi connectivity index (χ0n) is 16.5. The molecule has 0 saturated carbocycles. The molecule has 0 unspecified atom stereocenters.